The van der Waals surface area contributed by atoms with Gasteiger partial charge in [0.1, 0.15) is 6.04 Å². The Labute approximate surface area is 262 Å². The van der Waals surface area contributed by atoms with Crippen LogP contribution in [0.3, 0.4) is 0 Å². The molecule has 0 aromatic heterocycles. The number of hydrogen-bond donors (Lipinski definition) is 1. The molecule has 0 bridgehead atoms. The van der Waals surface area contributed by atoms with E-state index in [-0.39, 0.29) is 42.4 Å². The lowest BCUT2D eigenvalue weighted by atomic mass is 10.0. The van der Waals surface area contributed by atoms with Gasteiger partial charge in [-0.05, 0) is 69.9 Å². The minimum Gasteiger partial charge on any atom is -0.339 e. The molecule has 9 nitrogen and oxygen atoms in total. The number of piperazine rings is 1. The van der Waals surface area contributed by atoms with Gasteiger partial charge in [0.2, 0.25) is 26.0 Å². The first-order valence-corrected chi connectivity index (χ1v) is 17.3. The van der Waals surface area contributed by atoms with Crippen LogP contribution in [0, 0.1) is 11.3 Å². The van der Waals surface area contributed by atoms with Crippen molar-refractivity contribution in [1.82, 2.24) is 13.9 Å². The fourth-order valence-electron chi connectivity index (χ4n) is 5.62. The average molecular weight is 639 g/mol. The van der Waals surface area contributed by atoms with E-state index in [4.69, 9.17) is 0 Å². The summed E-state index contributed by atoms with van der Waals surface area (Å²) >= 11 is 0. The monoisotopic (exact) mass is 638 g/mol. The average Bonchev–Trinajstić information content (AvgIpc) is 3.07. The third-order valence-electron chi connectivity index (χ3n) is 8.03. The van der Waals surface area contributed by atoms with Crippen molar-refractivity contribution in [1.29, 1.82) is 5.26 Å². The summed E-state index contributed by atoms with van der Waals surface area (Å²) in [7, 11) is -7.94. The fraction of sp³-hybridized carbons (Fsp3) is 0.176. The van der Waals surface area contributed by atoms with E-state index in [0.29, 0.717) is 11.1 Å². The molecule has 1 fully saturated rings. The smallest absolute Gasteiger partial charge is 0.243 e. The van der Waals surface area contributed by atoms with Gasteiger partial charge in [-0.3, -0.25) is 4.79 Å². The minimum atomic E-state index is -4.13. The second-order valence-corrected chi connectivity index (χ2v) is 14.6. The molecule has 5 aromatic carbocycles. The maximum atomic E-state index is 13.9. The van der Waals surface area contributed by atoms with Crippen molar-refractivity contribution < 1.29 is 21.6 Å². The number of benzene rings is 5. The number of carbonyl (C=O) groups excluding carboxylic acids is 1. The zero-order valence-electron chi connectivity index (χ0n) is 24.2. The van der Waals surface area contributed by atoms with Crippen molar-refractivity contribution in [2.45, 2.75) is 22.3 Å². The Hall–Kier alpha value is -4.60. The maximum Gasteiger partial charge on any atom is 0.243 e. The summed E-state index contributed by atoms with van der Waals surface area (Å²) in [6, 6.07) is 32.2. The van der Waals surface area contributed by atoms with E-state index in [1.807, 2.05) is 48.5 Å². The molecule has 1 atom stereocenters. The number of nitriles is 1. The standard InChI is InChI=1S/C34H30N4O5S2/c35-24-26-7-5-6-25(20-26)21-33(36-44(40,41)31-14-12-27-8-1-3-10-29(27)22-31)34(39)37-16-18-38(19-17-37)45(42,43)32-15-13-28-9-2-4-11-30(28)23-32/h1-15,20,22-23,33,36H,16-19,21H2. The first-order valence-electron chi connectivity index (χ1n) is 14.4. The number of sulfonamides is 2. The first kappa shape index (κ1) is 30.4. The lowest BCUT2D eigenvalue weighted by molar-refractivity contribution is -0.134. The molecule has 1 aliphatic heterocycles. The highest BCUT2D eigenvalue weighted by molar-refractivity contribution is 7.89. The Morgan fingerprint density at radius 2 is 1.29 bits per heavy atom. The van der Waals surface area contributed by atoms with Crippen LogP contribution in [0.2, 0.25) is 0 Å². The zero-order chi connectivity index (χ0) is 31.6. The summed E-state index contributed by atoms with van der Waals surface area (Å²) in [6.45, 7) is 0.320. The largest absolute Gasteiger partial charge is 0.339 e. The first-order chi connectivity index (χ1) is 21.6. The number of hydrogen-bond acceptors (Lipinski definition) is 6. The molecule has 0 radical (unpaired) electrons. The Morgan fingerprint density at radius 1 is 0.711 bits per heavy atom. The van der Waals surface area contributed by atoms with Gasteiger partial charge in [0.25, 0.3) is 0 Å². The molecule has 0 saturated carbocycles. The third-order valence-corrected chi connectivity index (χ3v) is 11.4. The molecule has 1 saturated heterocycles. The summed E-state index contributed by atoms with van der Waals surface area (Å²) in [5.41, 5.74) is 1.01. The van der Waals surface area contributed by atoms with Crippen LogP contribution < -0.4 is 4.72 Å². The molecular weight excluding hydrogens is 609 g/mol. The van der Waals surface area contributed by atoms with Crippen LogP contribution in [0.15, 0.2) is 119 Å². The van der Waals surface area contributed by atoms with Gasteiger partial charge in [0, 0.05) is 26.2 Å². The molecular formula is C34H30N4O5S2. The van der Waals surface area contributed by atoms with Crippen LogP contribution in [0.25, 0.3) is 21.5 Å². The molecule has 1 N–H and O–H groups in total. The van der Waals surface area contributed by atoms with Crippen LogP contribution >= 0.6 is 0 Å². The number of fused-ring (bicyclic) bond motifs is 2. The van der Waals surface area contributed by atoms with Gasteiger partial charge in [-0.2, -0.15) is 14.3 Å². The van der Waals surface area contributed by atoms with E-state index < -0.39 is 32.0 Å². The molecule has 1 aliphatic rings. The second kappa shape index (κ2) is 12.4. The van der Waals surface area contributed by atoms with Crippen LogP contribution in [0.1, 0.15) is 11.1 Å². The van der Waals surface area contributed by atoms with E-state index in [2.05, 4.69) is 10.8 Å². The lowest BCUT2D eigenvalue weighted by Crippen LogP contribution is -2.56. The van der Waals surface area contributed by atoms with Crippen molar-refractivity contribution in [2.24, 2.45) is 0 Å². The third kappa shape index (κ3) is 6.45. The maximum absolute atomic E-state index is 13.9. The lowest BCUT2D eigenvalue weighted by Gasteiger charge is -2.36. The molecule has 228 valence electrons. The number of amides is 1. The van der Waals surface area contributed by atoms with Crippen LogP contribution in [-0.4, -0.2) is 64.2 Å². The van der Waals surface area contributed by atoms with Crippen molar-refractivity contribution in [2.75, 3.05) is 26.2 Å². The van der Waals surface area contributed by atoms with Crippen LogP contribution in [0.4, 0.5) is 0 Å². The van der Waals surface area contributed by atoms with Gasteiger partial charge >= 0.3 is 0 Å². The summed E-state index contributed by atoms with van der Waals surface area (Å²) in [5, 5.41) is 12.7. The summed E-state index contributed by atoms with van der Waals surface area (Å²) < 4.78 is 58.1. The second-order valence-electron chi connectivity index (χ2n) is 10.9. The molecule has 1 unspecified atom stereocenters. The van der Waals surface area contributed by atoms with Gasteiger partial charge in [0.05, 0.1) is 21.4 Å². The number of nitrogens with zero attached hydrogens (tertiary/aromatic N) is 3. The molecule has 45 heavy (non-hydrogen) atoms. The van der Waals surface area contributed by atoms with E-state index >= 15 is 0 Å². The van der Waals surface area contributed by atoms with Gasteiger partial charge in [-0.1, -0.05) is 72.8 Å². The molecule has 0 aliphatic carbocycles. The molecule has 6 rings (SSSR count). The highest BCUT2D eigenvalue weighted by Crippen LogP contribution is 2.24. The number of nitrogens with one attached hydrogen (secondary N) is 1. The number of rotatable bonds is 8. The Kier molecular flexibility index (Phi) is 8.40. The topological polar surface area (TPSA) is 128 Å². The SMILES string of the molecule is N#Cc1cccc(CC(NS(=O)(=O)c2ccc3ccccc3c2)C(=O)N2CCN(S(=O)(=O)c3ccc4ccccc4c3)CC2)c1. The predicted octanol–water partition coefficient (Wildman–Crippen LogP) is 4.29. The van der Waals surface area contributed by atoms with Gasteiger partial charge < -0.3 is 4.90 Å². The van der Waals surface area contributed by atoms with Crippen LogP contribution in [-0.2, 0) is 31.3 Å². The van der Waals surface area contributed by atoms with E-state index in [9.17, 15) is 26.9 Å². The summed E-state index contributed by atoms with van der Waals surface area (Å²) in [4.78, 5) is 15.6. The van der Waals surface area contributed by atoms with Crippen molar-refractivity contribution in [3.05, 3.63) is 120 Å². The van der Waals surface area contributed by atoms with Crippen molar-refractivity contribution >= 4 is 47.5 Å². The van der Waals surface area contributed by atoms with E-state index in [0.717, 1.165) is 21.5 Å². The highest BCUT2D eigenvalue weighted by Gasteiger charge is 2.34. The predicted molar refractivity (Wildman–Crippen MR) is 172 cm³/mol. The Balaban J connectivity index is 1.22. The number of carbonyl (C=O) groups is 1. The molecule has 11 heteroatoms. The quantitative estimate of drug-likeness (QED) is 0.270. The van der Waals surface area contributed by atoms with Gasteiger partial charge in [-0.15, -0.1) is 0 Å². The minimum absolute atomic E-state index is 0.0107. The van der Waals surface area contributed by atoms with Crippen molar-refractivity contribution in [3.63, 3.8) is 0 Å². The zero-order valence-corrected chi connectivity index (χ0v) is 25.8. The van der Waals surface area contributed by atoms with Gasteiger partial charge in [0.15, 0.2) is 0 Å². The van der Waals surface area contributed by atoms with E-state index in [1.54, 1.807) is 54.6 Å². The fourth-order valence-corrected chi connectivity index (χ4v) is 8.30. The molecule has 1 heterocycles. The normalized spacial score (nSPS) is 15.1. The summed E-state index contributed by atoms with van der Waals surface area (Å²) in [6.07, 6.45) is 0.0107. The highest BCUT2D eigenvalue weighted by atomic mass is 32.2. The Morgan fingerprint density at radius 3 is 1.91 bits per heavy atom. The van der Waals surface area contributed by atoms with E-state index in [1.165, 1.54) is 15.3 Å². The van der Waals surface area contributed by atoms with Crippen LogP contribution in [0.5, 0.6) is 0 Å². The molecule has 1 amide bonds. The Bertz CT molecular complexity index is 2170. The van der Waals surface area contributed by atoms with Crippen molar-refractivity contribution in [3.8, 4) is 6.07 Å². The summed E-state index contributed by atoms with van der Waals surface area (Å²) in [5.74, 6) is -0.468. The molecule has 5 aromatic rings. The molecule has 0 spiro atoms. The van der Waals surface area contributed by atoms with Gasteiger partial charge in [-0.25, -0.2) is 16.8 Å².